The monoisotopic (exact) mass is 399 g/mol. The van der Waals surface area contributed by atoms with Crippen molar-refractivity contribution in [2.45, 2.75) is 32.2 Å². The molecule has 0 radical (unpaired) electrons. The van der Waals surface area contributed by atoms with Gasteiger partial charge in [0.1, 0.15) is 15.7 Å². The Morgan fingerprint density at radius 1 is 1.32 bits per heavy atom. The van der Waals surface area contributed by atoms with E-state index in [1.165, 1.54) is 34.6 Å². The molecule has 0 fully saturated rings. The summed E-state index contributed by atoms with van der Waals surface area (Å²) in [6.07, 6.45) is 6.88. The summed E-state index contributed by atoms with van der Waals surface area (Å²) >= 11 is 1.49. The number of aryl methyl sites for hydroxylation is 1. The van der Waals surface area contributed by atoms with Crippen LogP contribution in [0.3, 0.4) is 0 Å². The number of fused-ring (bicyclic) bond motifs is 1. The average molecular weight is 399 g/mol. The first-order chi connectivity index (χ1) is 13.6. The molecule has 0 spiro atoms. The fourth-order valence-corrected chi connectivity index (χ4v) is 4.41. The highest BCUT2D eigenvalue weighted by Crippen LogP contribution is 2.40. The number of carbonyl (C=O) groups is 1. The van der Waals surface area contributed by atoms with Gasteiger partial charge in [0.05, 0.1) is 30.7 Å². The molecule has 3 aromatic rings. The summed E-state index contributed by atoms with van der Waals surface area (Å²) in [6, 6.07) is 6.32. The molecule has 4 rings (SSSR count). The lowest BCUT2D eigenvalue weighted by atomic mass is 9.95. The third-order valence-corrected chi connectivity index (χ3v) is 5.68. The van der Waals surface area contributed by atoms with E-state index in [4.69, 9.17) is 8.83 Å². The molecule has 3 aromatic heterocycles. The number of nitrogens with zero attached hydrogens (tertiary/aromatic N) is 2. The molecular weight excluding hydrogens is 382 g/mol. The highest BCUT2D eigenvalue weighted by atomic mass is 32.1. The number of hydrogen-bond donors (Lipinski definition) is 1. The Bertz CT molecular complexity index is 1030. The minimum absolute atomic E-state index is 0.201. The van der Waals surface area contributed by atoms with E-state index >= 15 is 0 Å². The Kier molecular flexibility index (Phi) is 5.07. The van der Waals surface area contributed by atoms with Crippen LogP contribution < -0.4 is 5.32 Å². The van der Waals surface area contributed by atoms with Crippen LogP contribution in [0.15, 0.2) is 44.4 Å². The van der Waals surface area contributed by atoms with Crippen molar-refractivity contribution in [3.63, 3.8) is 0 Å². The Morgan fingerprint density at radius 2 is 2.18 bits per heavy atom. The fourth-order valence-electron chi connectivity index (χ4n) is 3.18. The topological polar surface area (TPSA) is 111 Å². The van der Waals surface area contributed by atoms with Crippen LogP contribution in [-0.2, 0) is 19.4 Å². The Morgan fingerprint density at radius 3 is 2.93 bits per heavy atom. The molecule has 0 saturated carbocycles. The minimum atomic E-state index is -0.602. The second kappa shape index (κ2) is 7.81. The summed E-state index contributed by atoms with van der Waals surface area (Å²) in [5, 5.41) is 14.2. The van der Waals surface area contributed by atoms with Gasteiger partial charge in [-0.05, 0) is 49.4 Å². The van der Waals surface area contributed by atoms with Gasteiger partial charge in [-0.3, -0.25) is 14.9 Å². The van der Waals surface area contributed by atoms with Gasteiger partial charge < -0.3 is 14.2 Å². The van der Waals surface area contributed by atoms with Gasteiger partial charge in [-0.15, -0.1) is 11.3 Å². The van der Waals surface area contributed by atoms with Crippen LogP contribution in [0.5, 0.6) is 0 Å². The molecular formula is C19H17N3O5S. The molecule has 0 aromatic carbocycles. The normalized spacial score (nSPS) is 13.6. The molecule has 8 nitrogen and oxygen atoms in total. The van der Waals surface area contributed by atoms with E-state index in [2.05, 4.69) is 10.3 Å². The molecule has 28 heavy (non-hydrogen) atoms. The van der Waals surface area contributed by atoms with Crippen molar-refractivity contribution < 1.29 is 18.6 Å². The van der Waals surface area contributed by atoms with E-state index in [9.17, 15) is 14.9 Å². The summed E-state index contributed by atoms with van der Waals surface area (Å²) in [4.78, 5) is 28.6. The van der Waals surface area contributed by atoms with Gasteiger partial charge in [-0.1, -0.05) is 0 Å². The number of nitro groups is 1. The SMILES string of the molecule is O=C(NCc1ccco1)c1c(N=Cc2ccc([N+](=O)[O-])o2)sc2c1CCCC2. The Hall–Kier alpha value is -3.20. The second-order valence-electron chi connectivity index (χ2n) is 6.34. The average Bonchev–Trinajstić information content (AvgIpc) is 3.43. The molecule has 1 amide bonds. The molecule has 0 atom stereocenters. The molecule has 0 saturated heterocycles. The maximum absolute atomic E-state index is 12.9. The van der Waals surface area contributed by atoms with Crippen molar-refractivity contribution >= 4 is 34.3 Å². The number of amides is 1. The van der Waals surface area contributed by atoms with Crippen LogP contribution in [-0.4, -0.2) is 17.0 Å². The van der Waals surface area contributed by atoms with E-state index in [1.54, 1.807) is 18.4 Å². The number of hydrogen-bond acceptors (Lipinski definition) is 7. The predicted molar refractivity (Wildman–Crippen MR) is 103 cm³/mol. The maximum atomic E-state index is 12.9. The Balaban J connectivity index is 1.60. The first-order valence-corrected chi connectivity index (χ1v) is 9.67. The zero-order chi connectivity index (χ0) is 19.5. The highest BCUT2D eigenvalue weighted by molar-refractivity contribution is 7.16. The smallest absolute Gasteiger partial charge is 0.433 e. The van der Waals surface area contributed by atoms with Gasteiger partial charge in [-0.2, -0.15) is 0 Å². The van der Waals surface area contributed by atoms with Crippen LogP contribution in [0.4, 0.5) is 10.9 Å². The van der Waals surface area contributed by atoms with Gasteiger partial charge in [0.15, 0.2) is 5.76 Å². The van der Waals surface area contributed by atoms with Crippen molar-refractivity contribution in [3.05, 3.63) is 68.2 Å². The van der Waals surface area contributed by atoms with Gasteiger partial charge in [-0.25, -0.2) is 4.99 Å². The molecule has 1 aliphatic rings. The molecule has 1 N–H and O–H groups in total. The molecule has 1 aliphatic carbocycles. The number of furan rings is 2. The quantitative estimate of drug-likeness (QED) is 0.375. The van der Waals surface area contributed by atoms with Crippen LogP contribution in [0, 0.1) is 10.1 Å². The first kappa shape index (κ1) is 18.2. The van der Waals surface area contributed by atoms with E-state index in [1.807, 2.05) is 0 Å². The van der Waals surface area contributed by atoms with Crippen LogP contribution >= 0.6 is 11.3 Å². The standard InChI is InChI=1S/C19H17N3O5S/c23-18(20-10-12-4-3-9-26-12)17-14-5-1-2-6-15(14)28-19(17)21-11-13-7-8-16(27-13)22(24)25/h3-4,7-9,11H,1-2,5-6,10H2,(H,20,23). The lowest BCUT2D eigenvalue weighted by Gasteiger charge is -2.12. The van der Waals surface area contributed by atoms with Crippen molar-refractivity contribution in [2.75, 3.05) is 0 Å². The van der Waals surface area contributed by atoms with E-state index < -0.39 is 4.92 Å². The molecule has 0 aliphatic heterocycles. The highest BCUT2D eigenvalue weighted by Gasteiger charge is 2.25. The van der Waals surface area contributed by atoms with E-state index in [0.717, 1.165) is 31.2 Å². The van der Waals surface area contributed by atoms with Crippen LogP contribution in [0.1, 0.15) is 45.2 Å². The summed E-state index contributed by atoms with van der Waals surface area (Å²) in [5.74, 6) is 0.391. The molecule has 0 bridgehead atoms. The lowest BCUT2D eigenvalue weighted by molar-refractivity contribution is -0.402. The summed E-state index contributed by atoms with van der Waals surface area (Å²) in [7, 11) is 0. The van der Waals surface area contributed by atoms with Crippen LogP contribution in [0.2, 0.25) is 0 Å². The zero-order valence-corrected chi connectivity index (χ0v) is 15.7. The summed E-state index contributed by atoms with van der Waals surface area (Å²) in [5.41, 5.74) is 1.62. The van der Waals surface area contributed by atoms with Crippen molar-refractivity contribution in [2.24, 2.45) is 4.99 Å². The van der Waals surface area contributed by atoms with Gasteiger partial charge in [0, 0.05) is 4.88 Å². The number of carbonyl (C=O) groups excluding carboxylic acids is 1. The lowest BCUT2D eigenvalue weighted by Crippen LogP contribution is -2.23. The summed E-state index contributed by atoms with van der Waals surface area (Å²) < 4.78 is 10.4. The van der Waals surface area contributed by atoms with Crippen molar-refractivity contribution in [1.29, 1.82) is 0 Å². The number of aliphatic imine (C=N–C) groups is 1. The van der Waals surface area contributed by atoms with Crippen molar-refractivity contribution in [3.8, 4) is 0 Å². The van der Waals surface area contributed by atoms with E-state index in [0.29, 0.717) is 22.9 Å². The maximum Gasteiger partial charge on any atom is 0.433 e. The van der Waals surface area contributed by atoms with Gasteiger partial charge >= 0.3 is 5.88 Å². The first-order valence-electron chi connectivity index (χ1n) is 8.85. The zero-order valence-electron chi connectivity index (χ0n) is 14.8. The summed E-state index contributed by atoms with van der Waals surface area (Å²) in [6.45, 7) is 0.296. The van der Waals surface area contributed by atoms with Crippen molar-refractivity contribution in [1.82, 2.24) is 5.32 Å². The molecule has 144 valence electrons. The second-order valence-corrected chi connectivity index (χ2v) is 7.43. The predicted octanol–water partition coefficient (Wildman–Crippen LogP) is 4.40. The van der Waals surface area contributed by atoms with Gasteiger partial charge in [0.25, 0.3) is 5.91 Å². The minimum Gasteiger partial charge on any atom is -0.467 e. The third-order valence-electron chi connectivity index (χ3n) is 4.48. The van der Waals surface area contributed by atoms with E-state index in [-0.39, 0.29) is 17.6 Å². The van der Waals surface area contributed by atoms with Gasteiger partial charge in [0.2, 0.25) is 0 Å². The number of thiophene rings is 1. The molecule has 0 unspecified atom stereocenters. The molecule has 9 heteroatoms. The third kappa shape index (κ3) is 3.74. The van der Waals surface area contributed by atoms with Crippen LogP contribution in [0.25, 0.3) is 0 Å². The Labute approximate surface area is 164 Å². The number of rotatable bonds is 6. The number of nitrogens with one attached hydrogen (secondary N) is 1. The molecule has 3 heterocycles. The fraction of sp³-hybridized carbons (Fsp3) is 0.263. The largest absolute Gasteiger partial charge is 0.467 e.